The zero-order valence-corrected chi connectivity index (χ0v) is 14.7. The van der Waals surface area contributed by atoms with E-state index in [1.165, 1.54) is 24.1 Å². The van der Waals surface area contributed by atoms with Crippen molar-refractivity contribution in [2.45, 2.75) is 50.6 Å². The predicted molar refractivity (Wildman–Crippen MR) is 93.1 cm³/mol. The first-order chi connectivity index (χ1) is 11.6. The monoisotopic (exact) mass is 329 g/mol. The van der Waals surface area contributed by atoms with E-state index in [-0.39, 0.29) is 11.9 Å². The Kier molecular flexibility index (Phi) is 4.16. The normalized spacial score (nSPS) is 25.0. The predicted octanol–water partition coefficient (Wildman–Crippen LogP) is 1.10. The van der Waals surface area contributed by atoms with Gasteiger partial charge in [-0.15, -0.1) is 5.10 Å². The largest absolute Gasteiger partial charge is 0.352 e. The van der Waals surface area contributed by atoms with Crippen molar-refractivity contribution < 1.29 is 4.79 Å². The maximum absolute atomic E-state index is 12.4. The Morgan fingerprint density at radius 1 is 1.17 bits per heavy atom. The molecule has 6 heteroatoms. The van der Waals surface area contributed by atoms with Gasteiger partial charge < -0.3 is 9.80 Å². The molecule has 4 rings (SSSR count). The Morgan fingerprint density at radius 2 is 1.96 bits per heavy atom. The first-order valence-electron chi connectivity index (χ1n) is 9.21. The number of nitrogens with zero attached hydrogens (tertiary/aromatic N) is 5. The van der Waals surface area contributed by atoms with Gasteiger partial charge in [0.05, 0.1) is 11.7 Å². The van der Waals surface area contributed by atoms with Crippen LogP contribution in [0.5, 0.6) is 0 Å². The minimum atomic E-state index is 0.0468. The summed E-state index contributed by atoms with van der Waals surface area (Å²) in [5, 5.41) is 8.87. The van der Waals surface area contributed by atoms with E-state index < -0.39 is 0 Å². The third kappa shape index (κ3) is 2.77. The third-order valence-corrected chi connectivity index (χ3v) is 5.94. The number of likely N-dealkylation sites (N-methyl/N-ethyl adjacent to an activating group) is 2. The van der Waals surface area contributed by atoms with Crippen LogP contribution in [0.25, 0.3) is 0 Å². The van der Waals surface area contributed by atoms with Crippen molar-refractivity contribution in [1.82, 2.24) is 20.0 Å². The van der Waals surface area contributed by atoms with Crippen molar-refractivity contribution in [3.8, 4) is 0 Å². The highest BCUT2D eigenvalue weighted by atomic mass is 16.2. The molecular formula is C18H27N5O. The van der Waals surface area contributed by atoms with Crippen LogP contribution >= 0.6 is 0 Å². The number of carbonyl (C=O) groups excluding carboxylic acids is 1. The first kappa shape index (κ1) is 15.8. The summed E-state index contributed by atoms with van der Waals surface area (Å²) in [5.41, 5.74) is 2.57. The molecule has 3 heterocycles. The fraction of sp³-hybridized carbons (Fsp3) is 0.722. The lowest BCUT2D eigenvalue weighted by molar-refractivity contribution is -0.139. The van der Waals surface area contributed by atoms with Crippen LogP contribution in [0.3, 0.4) is 0 Å². The van der Waals surface area contributed by atoms with Gasteiger partial charge in [-0.1, -0.05) is 0 Å². The number of aromatic nitrogens is 2. The lowest BCUT2D eigenvalue weighted by Crippen LogP contribution is -2.64. The van der Waals surface area contributed by atoms with E-state index in [2.05, 4.69) is 33.1 Å². The Bertz CT molecular complexity index is 628. The number of rotatable bonds is 3. The molecule has 0 aromatic carbocycles. The maximum atomic E-state index is 12.4. The van der Waals surface area contributed by atoms with Crippen LogP contribution in [-0.2, 0) is 17.6 Å². The van der Waals surface area contributed by atoms with Crippen LogP contribution < -0.4 is 4.90 Å². The molecule has 2 saturated heterocycles. The highest BCUT2D eigenvalue weighted by Crippen LogP contribution is 2.27. The van der Waals surface area contributed by atoms with Crippen LogP contribution in [0.1, 0.15) is 36.9 Å². The first-order valence-corrected chi connectivity index (χ1v) is 9.21. The van der Waals surface area contributed by atoms with Crippen molar-refractivity contribution >= 4 is 11.7 Å². The number of hydrogen-bond donors (Lipinski definition) is 0. The molecule has 1 aromatic heterocycles. The second kappa shape index (κ2) is 6.31. The molecular weight excluding hydrogens is 302 g/mol. The minimum Gasteiger partial charge on any atom is -0.352 e. The van der Waals surface area contributed by atoms with Crippen molar-refractivity contribution in [3.63, 3.8) is 0 Å². The molecule has 0 N–H and O–H groups in total. The van der Waals surface area contributed by atoms with Gasteiger partial charge in [-0.25, -0.2) is 0 Å². The van der Waals surface area contributed by atoms with E-state index in [1.54, 1.807) is 0 Å². The molecule has 6 nitrogen and oxygen atoms in total. The molecule has 0 saturated carbocycles. The number of likely N-dealkylation sites (tertiary alicyclic amines) is 1. The average Bonchev–Trinajstić information content (AvgIpc) is 2.56. The zero-order chi connectivity index (χ0) is 16.7. The molecule has 24 heavy (non-hydrogen) atoms. The van der Waals surface area contributed by atoms with Gasteiger partial charge in [-0.2, -0.15) is 5.10 Å². The molecule has 1 atom stereocenters. The number of piperidine rings is 1. The Balaban J connectivity index is 1.38. The SMILES string of the molecule is CN1CCCC(N(C)C2CN(c3cc4c(nn3)CCCC4)C2)C1=O. The van der Waals surface area contributed by atoms with E-state index in [0.29, 0.717) is 6.04 Å². The minimum absolute atomic E-state index is 0.0468. The number of hydrogen-bond acceptors (Lipinski definition) is 5. The standard InChI is InChI=1S/C18H27N5O/c1-21-9-5-8-16(18(21)24)22(2)14-11-23(12-14)17-10-13-6-3-4-7-15(13)19-20-17/h10,14,16H,3-9,11-12H2,1-2H3. The van der Waals surface area contributed by atoms with Gasteiger partial charge in [-0.05, 0) is 57.2 Å². The van der Waals surface area contributed by atoms with Gasteiger partial charge in [0.1, 0.15) is 0 Å². The molecule has 2 fully saturated rings. The van der Waals surface area contributed by atoms with Crippen LogP contribution in [0.4, 0.5) is 5.82 Å². The average molecular weight is 329 g/mol. The summed E-state index contributed by atoms with van der Waals surface area (Å²) in [6.45, 7) is 2.78. The molecule has 1 amide bonds. The number of anilines is 1. The lowest BCUT2D eigenvalue weighted by Gasteiger charge is -2.48. The van der Waals surface area contributed by atoms with E-state index in [4.69, 9.17) is 0 Å². The van der Waals surface area contributed by atoms with Crippen LogP contribution in [0.2, 0.25) is 0 Å². The van der Waals surface area contributed by atoms with Gasteiger partial charge in [0.25, 0.3) is 0 Å². The summed E-state index contributed by atoms with van der Waals surface area (Å²) in [6.07, 6.45) is 6.80. The fourth-order valence-electron chi connectivity index (χ4n) is 4.18. The Labute approximate surface area is 143 Å². The highest BCUT2D eigenvalue weighted by Gasteiger charge is 2.38. The molecule has 1 unspecified atom stereocenters. The second-order valence-corrected chi connectivity index (χ2v) is 7.52. The summed E-state index contributed by atoms with van der Waals surface area (Å²) in [7, 11) is 4.01. The summed E-state index contributed by atoms with van der Waals surface area (Å²) >= 11 is 0. The Morgan fingerprint density at radius 3 is 2.79 bits per heavy atom. The van der Waals surface area contributed by atoms with Gasteiger partial charge in [-0.3, -0.25) is 9.69 Å². The van der Waals surface area contributed by atoms with Crippen molar-refractivity contribution in [2.75, 3.05) is 38.6 Å². The molecule has 3 aliphatic rings. The topological polar surface area (TPSA) is 52.6 Å². The van der Waals surface area contributed by atoms with Crippen LogP contribution in [0, 0.1) is 0 Å². The molecule has 0 spiro atoms. The number of aryl methyl sites for hydroxylation is 2. The van der Waals surface area contributed by atoms with Gasteiger partial charge in [0.2, 0.25) is 5.91 Å². The highest BCUT2D eigenvalue weighted by molar-refractivity contribution is 5.82. The van der Waals surface area contributed by atoms with Gasteiger partial charge in [0.15, 0.2) is 5.82 Å². The fourth-order valence-corrected chi connectivity index (χ4v) is 4.18. The number of carbonyl (C=O) groups is 1. The quantitative estimate of drug-likeness (QED) is 0.831. The van der Waals surface area contributed by atoms with E-state index in [0.717, 1.165) is 51.1 Å². The van der Waals surface area contributed by atoms with Crippen molar-refractivity contribution in [3.05, 3.63) is 17.3 Å². The Hall–Kier alpha value is -1.69. The lowest BCUT2D eigenvalue weighted by atomic mass is 9.96. The third-order valence-electron chi connectivity index (χ3n) is 5.94. The van der Waals surface area contributed by atoms with Crippen molar-refractivity contribution in [2.24, 2.45) is 0 Å². The molecule has 2 aliphatic heterocycles. The smallest absolute Gasteiger partial charge is 0.239 e. The number of amides is 1. The molecule has 0 bridgehead atoms. The van der Waals surface area contributed by atoms with E-state index in [9.17, 15) is 4.79 Å². The summed E-state index contributed by atoms with van der Waals surface area (Å²) in [6, 6.07) is 2.71. The molecule has 1 aromatic rings. The summed E-state index contributed by atoms with van der Waals surface area (Å²) in [5.74, 6) is 1.28. The zero-order valence-electron chi connectivity index (χ0n) is 14.7. The van der Waals surface area contributed by atoms with E-state index in [1.807, 2.05) is 11.9 Å². The molecule has 130 valence electrons. The molecule has 0 radical (unpaired) electrons. The van der Waals surface area contributed by atoms with Crippen LogP contribution in [0.15, 0.2) is 6.07 Å². The summed E-state index contributed by atoms with van der Waals surface area (Å²) < 4.78 is 0. The van der Waals surface area contributed by atoms with Gasteiger partial charge >= 0.3 is 0 Å². The number of fused-ring (bicyclic) bond motifs is 1. The van der Waals surface area contributed by atoms with Gasteiger partial charge in [0, 0.05) is 32.7 Å². The maximum Gasteiger partial charge on any atom is 0.239 e. The van der Waals surface area contributed by atoms with Crippen molar-refractivity contribution in [1.29, 1.82) is 0 Å². The summed E-state index contributed by atoms with van der Waals surface area (Å²) in [4.78, 5) is 18.8. The molecule has 1 aliphatic carbocycles. The van der Waals surface area contributed by atoms with Crippen LogP contribution in [-0.4, -0.2) is 71.7 Å². The van der Waals surface area contributed by atoms with E-state index >= 15 is 0 Å². The second-order valence-electron chi connectivity index (χ2n) is 7.52.